The van der Waals surface area contributed by atoms with E-state index in [0.29, 0.717) is 23.1 Å². The molecule has 0 unspecified atom stereocenters. The first-order valence-electron chi connectivity index (χ1n) is 12.1. The molecule has 196 valence electrons. The van der Waals surface area contributed by atoms with Crippen molar-refractivity contribution in [3.05, 3.63) is 59.2 Å². The van der Waals surface area contributed by atoms with Crippen LogP contribution in [0.5, 0.6) is 0 Å². The summed E-state index contributed by atoms with van der Waals surface area (Å²) >= 11 is 0. The number of aryl methyl sites for hydroxylation is 1. The summed E-state index contributed by atoms with van der Waals surface area (Å²) in [7, 11) is -0.887. The van der Waals surface area contributed by atoms with E-state index in [2.05, 4.69) is 21.6 Å². The van der Waals surface area contributed by atoms with Gasteiger partial charge in [0, 0.05) is 24.7 Å². The number of carbonyl (C=O) groups excluding carboxylic acids is 2. The smallest absolute Gasteiger partial charge is 0.333 e. The van der Waals surface area contributed by atoms with Gasteiger partial charge in [0.1, 0.15) is 11.6 Å². The van der Waals surface area contributed by atoms with Crippen LogP contribution in [-0.2, 0) is 19.6 Å². The average molecular weight is 526 g/mol. The van der Waals surface area contributed by atoms with Crippen LogP contribution in [0.15, 0.2) is 46.9 Å². The molecule has 0 spiro atoms. The van der Waals surface area contributed by atoms with E-state index in [-0.39, 0.29) is 41.9 Å². The molecule has 4 rings (SSSR count). The van der Waals surface area contributed by atoms with Crippen molar-refractivity contribution in [2.24, 2.45) is 0 Å². The predicted molar refractivity (Wildman–Crippen MR) is 142 cm³/mol. The van der Waals surface area contributed by atoms with Crippen molar-refractivity contribution in [2.75, 3.05) is 31.3 Å². The Hall–Kier alpha value is -3.66. The molecule has 1 aromatic carbocycles. The molecule has 1 N–H and O–H groups in total. The minimum absolute atomic E-state index is 0.0981. The maximum Gasteiger partial charge on any atom is 0.333 e. The number of carbonyl (C=O) groups is 2. The van der Waals surface area contributed by atoms with Crippen LogP contribution < -0.4 is 9.62 Å². The Bertz CT molecular complexity index is 1470. The number of furan rings is 1. The number of aromatic nitrogens is 1. The zero-order chi connectivity index (χ0) is 26.9. The lowest BCUT2D eigenvalue weighted by Crippen LogP contribution is -2.32. The van der Waals surface area contributed by atoms with Crippen LogP contribution in [0.1, 0.15) is 53.1 Å². The summed E-state index contributed by atoms with van der Waals surface area (Å²) in [6.07, 6.45) is 3.55. The molecule has 10 heteroatoms. The van der Waals surface area contributed by atoms with E-state index >= 15 is 0 Å². The Balaban J connectivity index is 1.83. The second-order valence-electron chi connectivity index (χ2n) is 9.31. The number of hydrogen-bond acceptors (Lipinski definition) is 7. The van der Waals surface area contributed by atoms with Crippen molar-refractivity contribution in [3.8, 4) is 11.3 Å². The van der Waals surface area contributed by atoms with Crippen LogP contribution in [0.25, 0.3) is 22.4 Å². The summed E-state index contributed by atoms with van der Waals surface area (Å²) in [5.41, 5.74) is 3.36. The third kappa shape index (κ3) is 5.53. The molecule has 0 saturated heterocycles. The van der Waals surface area contributed by atoms with Crippen LogP contribution in [0.4, 0.5) is 5.82 Å². The van der Waals surface area contributed by atoms with Crippen molar-refractivity contribution in [1.29, 1.82) is 0 Å². The Kier molecular flexibility index (Phi) is 7.40. The summed E-state index contributed by atoms with van der Waals surface area (Å²) in [6, 6.07) is 9.45. The Labute approximate surface area is 216 Å². The molecule has 0 atom stereocenters. The maximum absolute atomic E-state index is 13.0. The van der Waals surface area contributed by atoms with Gasteiger partial charge in [0.25, 0.3) is 5.91 Å². The van der Waals surface area contributed by atoms with E-state index in [9.17, 15) is 18.0 Å². The summed E-state index contributed by atoms with van der Waals surface area (Å²) in [5, 5.41) is 3.22. The van der Waals surface area contributed by atoms with E-state index in [1.54, 1.807) is 7.05 Å². The maximum atomic E-state index is 13.0. The number of ether oxygens (including phenoxy) is 1. The van der Waals surface area contributed by atoms with Gasteiger partial charge in [-0.25, -0.2) is 13.2 Å². The van der Waals surface area contributed by atoms with Crippen molar-refractivity contribution in [3.63, 3.8) is 0 Å². The fourth-order valence-electron chi connectivity index (χ4n) is 4.29. The lowest BCUT2D eigenvalue weighted by atomic mass is 10.0. The number of esters is 1. The van der Waals surface area contributed by atoms with Gasteiger partial charge in [0.15, 0.2) is 0 Å². The molecule has 9 nitrogen and oxygen atoms in total. The van der Waals surface area contributed by atoms with Gasteiger partial charge >= 0.3 is 5.97 Å². The number of amides is 1. The normalized spacial score (nSPS) is 13.4. The molecule has 1 fully saturated rings. The molecular formula is C27H31N3O6S. The summed E-state index contributed by atoms with van der Waals surface area (Å²) in [6.45, 7) is 5.78. The standard InChI is InChI=1S/C27H31N3O6S/c1-16-8-10-19(11-9-16)23-22(25(31)28-3)21-15-20(18-12-13-18)24(29-26(21)36-23)30(37(5,33)34)14-6-7-17(2)27(32)35-4/h8-11,15,18H,2,6-7,12-14H2,1,3-5H3,(H,28,31). The highest BCUT2D eigenvalue weighted by Crippen LogP contribution is 2.46. The molecule has 1 aliphatic carbocycles. The molecule has 3 aromatic rings. The first kappa shape index (κ1) is 26.4. The summed E-state index contributed by atoms with van der Waals surface area (Å²) in [5.74, 6) is -0.0386. The first-order valence-corrected chi connectivity index (χ1v) is 13.9. The fraction of sp³-hybridized carbons (Fsp3) is 0.370. The van der Waals surface area contributed by atoms with Gasteiger partial charge in [0.2, 0.25) is 15.7 Å². The third-order valence-corrected chi connectivity index (χ3v) is 7.58. The van der Waals surface area contributed by atoms with Gasteiger partial charge in [-0.05, 0) is 50.2 Å². The van der Waals surface area contributed by atoms with Crippen molar-refractivity contribution < 1.29 is 27.2 Å². The SMILES string of the molecule is C=C(CCCN(c1nc2oc(-c3ccc(C)cc3)c(C(=O)NC)c2cc1C1CC1)S(C)(=O)=O)C(=O)OC. The summed E-state index contributed by atoms with van der Waals surface area (Å²) in [4.78, 5) is 29.3. The van der Waals surface area contributed by atoms with Crippen molar-refractivity contribution >= 4 is 38.8 Å². The quantitative estimate of drug-likeness (QED) is 0.309. The van der Waals surface area contributed by atoms with E-state index in [1.165, 1.54) is 11.4 Å². The molecule has 37 heavy (non-hydrogen) atoms. The minimum atomic E-state index is -3.72. The van der Waals surface area contributed by atoms with Crippen LogP contribution >= 0.6 is 0 Å². The van der Waals surface area contributed by atoms with Crippen LogP contribution in [0.2, 0.25) is 0 Å². The highest BCUT2D eigenvalue weighted by molar-refractivity contribution is 7.92. The number of anilines is 1. The highest BCUT2D eigenvalue weighted by Gasteiger charge is 2.34. The molecule has 1 saturated carbocycles. The number of pyridine rings is 1. The van der Waals surface area contributed by atoms with Gasteiger partial charge in [-0.1, -0.05) is 36.4 Å². The lowest BCUT2D eigenvalue weighted by molar-refractivity contribution is -0.136. The van der Waals surface area contributed by atoms with Gasteiger partial charge in [-0.15, -0.1) is 0 Å². The van der Waals surface area contributed by atoms with Gasteiger partial charge in [0.05, 0.1) is 24.3 Å². The number of benzene rings is 1. The number of sulfonamides is 1. The molecule has 1 aliphatic rings. The Morgan fingerprint density at radius 1 is 1.24 bits per heavy atom. The number of rotatable bonds is 10. The third-order valence-electron chi connectivity index (χ3n) is 6.43. The van der Waals surface area contributed by atoms with E-state index in [4.69, 9.17) is 4.42 Å². The largest absolute Gasteiger partial charge is 0.466 e. The number of methoxy groups -OCH3 is 1. The second-order valence-corrected chi connectivity index (χ2v) is 11.2. The average Bonchev–Trinajstić information content (AvgIpc) is 3.65. The molecule has 0 radical (unpaired) electrons. The number of hydrogen-bond donors (Lipinski definition) is 1. The van der Waals surface area contributed by atoms with Crippen LogP contribution in [0, 0.1) is 6.92 Å². The second kappa shape index (κ2) is 10.4. The molecule has 0 aliphatic heterocycles. The number of nitrogens with zero attached hydrogens (tertiary/aromatic N) is 2. The molecule has 2 heterocycles. The topological polar surface area (TPSA) is 119 Å². The van der Waals surface area contributed by atoms with E-state index in [0.717, 1.165) is 35.8 Å². The van der Waals surface area contributed by atoms with Crippen LogP contribution in [0.3, 0.4) is 0 Å². The first-order chi connectivity index (χ1) is 17.5. The highest BCUT2D eigenvalue weighted by atomic mass is 32.2. The van der Waals surface area contributed by atoms with Gasteiger partial charge < -0.3 is 14.5 Å². The van der Waals surface area contributed by atoms with Gasteiger partial charge in [-0.3, -0.25) is 9.10 Å². The van der Waals surface area contributed by atoms with E-state index < -0.39 is 16.0 Å². The van der Waals surface area contributed by atoms with Crippen molar-refractivity contribution in [2.45, 2.75) is 38.5 Å². The molecule has 2 aromatic heterocycles. The lowest BCUT2D eigenvalue weighted by Gasteiger charge is -2.24. The Morgan fingerprint density at radius 2 is 1.92 bits per heavy atom. The monoisotopic (exact) mass is 525 g/mol. The predicted octanol–water partition coefficient (Wildman–Crippen LogP) is 4.32. The van der Waals surface area contributed by atoms with Gasteiger partial charge in [-0.2, -0.15) is 4.98 Å². The number of fused-ring (bicyclic) bond motifs is 1. The van der Waals surface area contributed by atoms with Crippen molar-refractivity contribution in [1.82, 2.24) is 10.3 Å². The summed E-state index contributed by atoms with van der Waals surface area (Å²) < 4.78 is 37.8. The zero-order valence-corrected chi connectivity index (χ0v) is 22.3. The number of nitrogens with one attached hydrogen (secondary N) is 1. The van der Waals surface area contributed by atoms with E-state index in [1.807, 2.05) is 37.3 Å². The minimum Gasteiger partial charge on any atom is -0.466 e. The molecular weight excluding hydrogens is 494 g/mol. The van der Waals surface area contributed by atoms with Crippen LogP contribution in [-0.4, -0.2) is 52.2 Å². The Morgan fingerprint density at radius 3 is 2.49 bits per heavy atom. The fourth-order valence-corrected chi connectivity index (χ4v) is 5.22. The molecule has 1 amide bonds. The molecule has 0 bridgehead atoms. The zero-order valence-electron chi connectivity index (χ0n) is 21.5.